The number of hydrogen-bond acceptors (Lipinski definition) is 4. The summed E-state index contributed by atoms with van der Waals surface area (Å²) in [5, 5.41) is 12.0. The van der Waals surface area contributed by atoms with E-state index in [-0.39, 0.29) is 0 Å². The number of nitrogens with zero attached hydrogens (tertiary/aromatic N) is 4. The number of nitrogens with two attached hydrogens (primary N) is 1. The molecule has 3 aromatic rings. The van der Waals surface area contributed by atoms with Gasteiger partial charge in [-0.25, -0.2) is 0 Å². The largest absolute Gasteiger partial charge is 0.399 e. The van der Waals surface area contributed by atoms with E-state index in [2.05, 4.69) is 31.5 Å². The number of aromatic nitrogens is 4. The Morgan fingerprint density at radius 3 is 2.57 bits per heavy atom. The van der Waals surface area contributed by atoms with Crippen LogP contribution in [0.1, 0.15) is 11.1 Å². The van der Waals surface area contributed by atoms with Crippen molar-refractivity contribution in [2.75, 3.05) is 5.73 Å². The van der Waals surface area contributed by atoms with E-state index in [1.807, 2.05) is 50.2 Å². The molecule has 1 heterocycles. The minimum atomic E-state index is 0.662. The number of anilines is 1. The molecule has 1 aromatic heterocycles. The number of tetrazole rings is 1. The number of benzene rings is 2. The number of hydrogen-bond donors (Lipinski definition) is 1. The van der Waals surface area contributed by atoms with Crippen LogP contribution in [-0.2, 0) is 0 Å². The molecular formula is C15H14BrN5. The van der Waals surface area contributed by atoms with Gasteiger partial charge in [-0.3, -0.25) is 0 Å². The van der Waals surface area contributed by atoms with Gasteiger partial charge in [-0.2, -0.15) is 4.68 Å². The van der Waals surface area contributed by atoms with Gasteiger partial charge in [0, 0.05) is 15.7 Å². The summed E-state index contributed by atoms with van der Waals surface area (Å²) in [5.41, 5.74) is 10.6. The Morgan fingerprint density at radius 1 is 1.05 bits per heavy atom. The van der Waals surface area contributed by atoms with Crippen LogP contribution in [0.2, 0.25) is 0 Å². The van der Waals surface area contributed by atoms with Gasteiger partial charge in [0.1, 0.15) is 0 Å². The van der Waals surface area contributed by atoms with Crippen LogP contribution < -0.4 is 5.73 Å². The van der Waals surface area contributed by atoms with Crippen molar-refractivity contribution < 1.29 is 0 Å². The van der Waals surface area contributed by atoms with Crippen molar-refractivity contribution in [3.05, 3.63) is 52.0 Å². The molecule has 0 atom stereocenters. The summed E-state index contributed by atoms with van der Waals surface area (Å²) in [7, 11) is 0. The molecule has 0 aliphatic heterocycles. The van der Waals surface area contributed by atoms with Crippen molar-refractivity contribution in [3.8, 4) is 17.1 Å². The van der Waals surface area contributed by atoms with Gasteiger partial charge in [0.25, 0.3) is 0 Å². The molecule has 6 heteroatoms. The van der Waals surface area contributed by atoms with E-state index in [0.717, 1.165) is 21.3 Å². The molecule has 3 rings (SSSR count). The lowest BCUT2D eigenvalue weighted by molar-refractivity contribution is 0.788. The molecule has 0 radical (unpaired) electrons. The summed E-state index contributed by atoms with van der Waals surface area (Å²) in [6.07, 6.45) is 0. The smallest absolute Gasteiger partial charge is 0.187 e. The highest BCUT2D eigenvalue weighted by atomic mass is 79.9. The lowest BCUT2D eigenvalue weighted by Crippen LogP contribution is -2.01. The normalized spacial score (nSPS) is 10.8. The topological polar surface area (TPSA) is 69.6 Å². The standard InChI is InChI=1S/C15H14BrN5/c1-9-3-4-14(13(16)7-9)21-15(18-19-20-21)11-5-10(2)6-12(17)8-11/h3-8H,17H2,1-2H3. The first-order valence-corrected chi connectivity index (χ1v) is 7.26. The summed E-state index contributed by atoms with van der Waals surface area (Å²) in [4.78, 5) is 0. The van der Waals surface area contributed by atoms with Crippen molar-refractivity contribution in [1.29, 1.82) is 0 Å². The summed E-state index contributed by atoms with van der Waals surface area (Å²) in [6, 6.07) is 11.8. The molecule has 0 saturated carbocycles. The van der Waals surface area contributed by atoms with Gasteiger partial charge in [-0.05, 0) is 81.7 Å². The van der Waals surface area contributed by atoms with Crippen LogP contribution >= 0.6 is 15.9 Å². The molecule has 0 aliphatic carbocycles. The third-order valence-electron chi connectivity index (χ3n) is 3.16. The van der Waals surface area contributed by atoms with E-state index in [1.165, 1.54) is 5.56 Å². The molecular weight excluding hydrogens is 330 g/mol. The summed E-state index contributed by atoms with van der Waals surface area (Å²) < 4.78 is 2.65. The van der Waals surface area contributed by atoms with Gasteiger partial charge in [0.15, 0.2) is 5.82 Å². The van der Waals surface area contributed by atoms with Gasteiger partial charge < -0.3 is 5.73 Å². The highest BCUT2D eigenvalue weighted by Crippen LogP contribution is 2.27. The second kappa shape index (κ2) is 5.29. The lowest BCUT2D eigenvalue weighted by Gasteiger charge is -2.08. The Bertz CT molecular complexity index is 789. The zero-order valence-corrected chi connectivity index (χ0v) is 13.3. The predicted molar refractivity (Wildman–Crippen MR) is 86.2 cm³/mol. The fourth-order valence-corrected chi connectivity index (χ4v) is 2.92. The average Bonchev–Trinajstić information content (AvgIpc) is 2.86. The fraction of sp³-hybridized carbons (Fsp3) is 0.133. The summed E-state index contributed by atoms with van der Waals surface area (Å²) in [6.45, 7) is 4.03. The molecule has 21 heavy (non-hydrogen) atoms. The van der Waals surface area contributed by atoms with Crippen molar-refractivity contribution in [2.24, 2.45) is 0 Å². The first-order chi connectivity index (χ1) is 10.0. The Kier molecular flexibility index (Phi) is 3.47. The molecule has 2 aromatic carbocycles. The highest BCUT2D eigenvalue weighted by molar-refractivity contribution is 9.10. The third-order valence-corrected chi connectivity index (χ3v) is 3.79. The molecule has 0 spiro atoms. The zero-order valence-electron chi connectivity index (χ0n) is 11.7. The Balaban J connectivity index is 2.17. The van der Waals surface area contributed by atoms with Crippen LogP contribution in [0.4, 0.5) is 5.69 Å². The second-order valence-corrected chi connectivity index (χ2v) is 5.86. The van der Waals surface area contributed by atoms with Crippen LogP contribution in [0.25, 0.3) is 17.1 Å². The van der Waals surface area contributed by atoms with E-state index >= 15 is 0 Å². The first kappa shape index (κ1) is 13.8. The molecule has 0 unspecified atom stereocenters. The van der Waals surface area contributed by atoms with Gasteiger partial charge in [0.05, 0.1) is 5.69 Å². The van der Waals surface area contributed by atoms with Gasteiger partial charge in [0.2, 0.25) is 0 Å². The number of nitrogen functional groups attached to an aromatic ring is 1. The van der Waals surface area contributed by atoms with Crippen molar-refractivity contribution in [2.45, 2.75) is 13.8 Å². The highest BCUT2D eigenvalue weighted by Gasteiger charge is 2.13. The van der Waals surface area contributed by atoms with E-state index in [1.54, 1.807) is 4.68 Å². The Morgan fingerprint density at radius 2 is 1.86 bits per heavy atom. The van der Waals surface area contributed by atoms with E-state index in [4.69, 9.17) is 5.73 Å². The molecule has 0 bridgehead atoms. The maximum absolute atomic E-state index is 5.92. The monoisotopic (exact) mass is 343 g/mol. The van der Waals surface area contributed by atoms with Crippen LogP contribution in [-0.4, -0.2) is 20.2 Å². The SMILES string of the molecule is Cc1cc(N)cc(-c2nnnn2-c2ccc(C)cc2Br)c1. The third kappa shape index (κ3) is 2.67. The minimum absolute atomic E-state index is 0.662. The molecule has 106 valence electrons. The summed E-state index contributed by atoms with van der Waals surface area (Å²) in [5.74, 6) is 0.662. The summed E-state index contributed by atoms with van der Waals surface area (Å²) >= 11 is 3.56. The number of aryl methyl sites for hydroxylation is 2. The number of halogens is 1. The van der Waals surface area contributed by atoms with Crippen LogP contribution in [0.5, 0.6) is 0 Å². The predicted octanol–water partition coefficient (Wildman–Crippen LogP) is 3.29. The van der Waals surface area contributed by atoms with E-state index in [9.17, 15) is 0 Å². The molecule has 0 fully saturated rings. The van der Waals surface area contributed by atoms with Crippen LogP contribution in [0.15, 0.2) is 40.9 Å². The minimum Gasteiger partial charge on any atom is -0.399 e. The molecule has 2 N–H and O–H groups in total. The molecule has 5 nitrogen and oxygen atoms in total. The molecule has 0 aliphatic rings. The number of rotatable bonds is 2. The van der Waals surface area contributed by atoms with Crippen LogP contribution in [0.3, 0.4) is 0 Å². The quantitative estimate of drug-likeness (QED) is 0.725. The van der Waals surface area contributed by atoms with Gasteiger partial charge in [-0.15, -0.1) is 5.10 Å². The van der Waals surface area contributed by atoms with Crippen molar-refractivity contribution in [3.63, 3.8) is 0 Å². The average molecular weight is 344 g/mol. The molecule has 0 saturated heterocycles. The maximum atomic E-state index is 5.92. The zero-order chi connectivity index (χ0) is 15.0. The van der Waals surface area contributed by atoms with Crippen LogP contribution in [0, 0.1) is 13.8 Å². The first-order valence-electron chi connectivity index (χ1n) is 6.47. The lowest BCUT2D eigenvalue weighted by atomic mass is 10.1. The Labute approximate surface area is 130 Å². The fourth-order valence-electron chi connectivity index (χ4n) is 2.25. The Hall–Kier alpha value is -2.21. The van der Waals surface area contributed by atoms with Gasteiger partial charge >= 0.3 is 0 Å². The maximum Gasteiger partial charge on any atom is 0.187 e. The second-order valence-electron chi connectivity index (χ2n) is 5.00. The van der Waals surface area contributed by atoms with E-state index in [0.29, 0.717) is 11.5 Å². The molecule has 0 amide bonds. The van der Waals surface area contributed by atoms with Crippen molar-refractivity contribution in [1.82, 2.24) is 20.2 Å². The van der Waals surface area contributed by atoms with Gasteiger partial charge in [-0.1, -0.05) is 6.07 Å². The van der Waals surface area contributed by atoms with Crippen molar-refractivity contribution >= 4 is 21.6 Å². The van der Waals surface area contributed by atoms with E-state index < -0.39 is 0 Å².